The molecule has 2 saturated carbocycles. The maximum Gasteiger partial charge on any atom is 0.306 e. The van der Waals surface area contributed by atoms with E-state index in [1.807, 2.05) is 20.8 Å². The molecular formula is C28H40O8. The van der Waals surface area contributed by atoms with Crippen LogP contribution in [0.25, 0.3) is 0 Å². The summed E-state index contributed by atoms with van der Waals surface area (Å²) in [6.07, 6.45) is 3.30. The first kappa shape index (κ1) is 27.0. The fourth-order valence-electron chi connectivity index (χ4n) is 7.68. The summed E-state index contributed by atoms with van der Waals surface area (Å²) >= 11 is 0. The van der Waals surface area contributed by atoms with Gasteiger partial charge in [-0.1, -0.05) is 52.7 Å². The zero-order valence-corrected chi connectivity index (χ0v) is 22.2. The summed E-state index contributed by atoms with van der Waals surface area (Å²) in [6.45, 7) is 10.4. The van der Waals surface area contributed by atoms with Crippen molar-refractivity contribution in [3.05, 3.63) is 23.3 Å². The van der Waals surface area contributed by atoms with Gasteiger partial charge in [-0.25, -0.2) is 0 Å². The van der Waals surface area contributed by atoms with Crippen LogP contribution in [0.3, 0.4) is 0 Å². The van der Waals surface area contributed by atoms with E-state index >= 15 is 0 Å². The van der Waals surface area contributed by atoms with E-state index in [1.165, 1.54) is 6.92 Å². The summed E-state index contributed by atoms with van der Waals surface area (Å²) in [6, 6.07) is 0. The number of Topliss-reactive ketones (excluding diaryl/α,β-unsaturated/α-hetero) is 1. The highest BCUT2D eigenvalue weighted by Gasteiger charge is 2.83. The van der Waals surface area contributed by atoms with Gasteiger partial charge in [-0.2, -0.15) is 0 Å². The summed E-state index contributed by atoms with van der Waals surface area (Å²) < 4.78 is 11.4. The third-order valence-corrected chi connectivity index (χ3v) is 9.59. The predicted octanol–water partition coefficient (Wildman–Crippen LogP) is 2.63. The van der Waals surface area contributed by atoms with Gasteiger partial charge in [0.2, 0.25) is 0 Å². The molecule has 0 amide bonds. The number of hydrogen-bond acceptors (Lipinski definition) is 8. The fourth-order valence-corrected chi connectivity index (χ4v) is 7.68. The maximum atomic E-state index is 14.4. The molecule has 2 bridgehead atoms. The Hall–Kier alpha value is -2.03. The summed E-state index contributed by atoms with van der Waals surface area (Å²) in [5.41, 5.74) is -4.75. The molecule has 4 rings (SSSR count). The number of aliphatic hydroxyl groups excluding tert-OH is 2. The van der Waals surface area contributed by atoms with Crippen LogP contribution >= 0.6 is 0 Å². The second-order valence-electron chi connectivity index (χ2n) is 11.9. The van der Waals surface area contributed by atoms with Crippen molar-refractivity contribution in [1.82, 2.24) is 0 Å². The molecule has 0 radical (unpaired) electrons. The first-order chi connectivity index (χ1) is 16.7. The molecule has 4 aliphatic carbocycles. The molecule has 8 heteroatoms. The Morgan fingerprint density at radius 2 is 1.83 bits per heavy atom. The molecule has 0 saturated heterocycles. The molecule has 0 aromatic carbocycles. The number of allylic oxidation sites excluding steroid dienone is 1. The quantitative estimate of drug-likeness (QED) is 0.274. The third kappa shape index (κ3) is 3.40. The summed E-state index contributed by atoms with van der Waals surface area (Å²) in [5.74, 6) is -2.94. The number of fused-ring (bicyclic) bond motifs is 3. The van der Waals surface area contributed by atoms with Gasteiger partial charge in [0.1, 0.15) is 30.0 Å². The van der Waals surface area contributed by atoms with Crippen LogP contribution in [-0.4, -0.2) is 63.1 Å². The molecule has 0 aliphatic heterocycles. The van der Waals surface area contributed by atoms with E-state index in [4.69, 9.17) is 9.47 Å². The smallest absolute Gasteiger partial charge is 0.306 e. The van der Waals surface area contributed by atoms with Gasteiger partial charge < -0.3 is 24.8 Å². The van der Waals surface area contributed by atoms with Crippen molar-refractivity contribution >= 4 is 17.7 Å². The monoisotopic (exact) mass is 504 g/mol. The van der Waals surface area contributed by atoms with Crippen LogP contribution in [0.4, 0.5) is 0 Å². The van der Waals surface area contributed by atoms with Gasteiger partial charge in [0.25, 0.3) is 0 Å². The standard InChI is InChI=1S/C28H40O8/c1-7-8-9-10-20(30)36-27-13-16(3)26-12-15(2)22(31)28(26,34)23(32)18(14-35-17(4)29)11-19(24(26)33)21(27)25(27,5)6/h11-12,16,19,21-23,31-32,34H,7-10,13-14H2,1-6H3/t16?,19-,21+,22-,23+,26?,27-,28+/m0/s1. The highest BCUT2D eigenvalue weighted by atomic mass is 16.6. The predicted molar refractivity (Wildman–Crippen MR) is 130 cm³/mol. The average molecular weight is 505 g/mol. The van der Waals surface area contributed by atoms with Crippen molar-refractivity contribution in [2.24, 2.45) is 28.6 Å². The molecule has 1 spiro atoms. The Balaban J connectivity index is 1.85. The van der Waals surface area contributed by atoms with Gasteiger partial charge in [-0.15, -0.1) is 0 Å². The van der Waals surface area contributed by atoms with Crippen LogP contribution in [0, 0.1) is 28.6 Å². The lowest BCUT2D eigenvalue weighted by molar-refractivity contribution is -0.192. The second kappa shape index (κ2) is 8.77. The highest BCUT2D eigenvalue weighted by Crippen LogP contribution is 2.75. The lowest BCUT2D eigenvalue weighted by atomic mass is 9.59. The average Bonchev–Trinajstić information content (AvgIpc) is 3.21. The van der Waals surface area contributed by atoms with Crippen molar-refractivity contribution in [1.29, 1.82) is 0 Å². The Morgan fingerprint density at radius 1 is 1.17 bits per heavy atom. The van der Waals surface area contributed by atoms with Gasteiger partial charge >= 0.3 is 11.9 Å². The first-order valence-electron chi connectivity index (χ1n) is 13.1. The van der Waals surface area contributed by atoms with E-state index in [9.17, 15) is 29.7 Å². The normalized spacial score (nSPS) is 42.2. The minimum absolute atomic E-state index is 0.162. The van der Waals surface area contributed by atoms with Gasteiger partial charge in [-0.05, 0) is 36.8 Å². The number of carbonyl (C=O) groups is 3. The molecule has 4 aliphatic rings. The van der Waals surface area contributed by atoms with Gasteiger partial charge in [0.05, 0.1) is 5.41 Å². The van der Waals surface area contributed by atoms with Gasteiger partial charge in [0, 0.05) is 30.6 Å². The van der Waals surface area contributed by atoms with E-state index in [0.717, 1.165) is 19.3 Å². The molecule has 0 aromatic rings. The lowest BCUT2D eigenvalue weighted by Crippen LogP contribution is -2.65. The SMILES string of the molecule is CCCCCC(=O)O[C@@]12CC(C)C34C=C(C)[C@H](O)[C@@]3(O)[C@H](O)C(COC(C)=O)=C[C@H](C4=O)[C@@H]1C2(C)C. The van der Waals surface area contributed by atoms with E-state index in [2.05, 4.69) is 6.92 Å². The van der Waals surface area contributed by atoms with Crippen molar-refractivity contribution in [2.45, 2.75) is 97.1 Å². The molecule has 8 nitrogen and oxygen atoms in total. The zero-order valence-electron chi connectivity index (χ0n) is 22.2. The molecule has 2 fully saturated rings. The molecule has 0 aromatic heterocycles. The second-order valence-corrected chi connectivity index (χ2v) is 11.9. The van der Waals surface area contributed by atoms with Crippen LogP contribution in [-0.2, 0) is 23.9 Å². The van der Waals surface area contributed by atoms with Crippen LogP contribution in [0.1, 0.15) is 73.6 Å². The molecule has 2 unspecified atom stereocenters. The van der Waals surface area contributed by atoms with Gasteiger partial charge in [-0.3, -0.25) is 14.4 Å². The first-order valence-corrected chi connectivity index (χ1v) is 13.1. The molecule has 0 heterocycles. The topological polar surface area (TPSA) is 130 Å². The Morgan fingerprint density at radius 3 is 2.44 bits per heavy atom. The van der Waals surface area contributed by atoms with Crippen LogP contribution < -0.4 is 0 Å². The van der Waals surface area contributed by atoms with Crippen molar-refractivity contribution in [2.75, 3.05) is 6.61 Å². The number of ketones is 1. The number of aliphatic hydroxyl groups is 3. The van der Waals surface area contributed by atoms with Crippen molar-refractivity contribution in [3.63, 3.8) is 0 Å². The number of unbranched alkanes of at least 4 members (excludes halogenated alkanes) is 2. The third-order valence-electron chi connectivity index (χ3n) is 9.59. The van der Waals surface area contributed by atoms with Crippen LogP contribution in [0.5, 0.6) is 0 Å². The molecular weight excluding hydrogens is 464 g/mol. The maximum absolute atomic E-state index is 14.4. The lowest BCUT2D eigenvalue weighted by Gasteiger charge is -2.48. The van der Waals surface area contributed by atoms with E-state index in [0.29, 0.717) is 18.4 Å². The number of hydrogen-bond donors (Lipinski definition) is 3. The summed E-state index contributed by atoms with van der Waals surface area (Å²) in [4.78, 5) is 38.9. The van der Waals surface area contributed by atoms with Gasteiger partial charge in [0.15, 0.2) is 5.78 Å². The van der Waals surface area contributed by atoms with E-state index < -0.39 is 52.0 Å². The number of rotatable bonds is 7. The molecule has 36 heavy (non-hydrogen) atoms. The van der Waals surface area contributed by atoms with Crippen molar-refractivity contribution < 1.29 is 39.2 Å². The minimum atomic E-state index is -2.25. The Bertz CT molecular complexity index is 1030. The highest BCUT2D eigenvalue weighted by molar-refractivity contribution is 5.96. The fraction of sp³-hybridized carbons (Fsp3) is 0.750. The minimum Gasteiger partial charge on any atom is -0.461 e. The molecule has 200 valence electrons. The van der Waals surface area contributed by atoms with Crippen LogP contribution in [0.15, 0.2) is 23.3 Å². The van der Waals surface area contributed by atoms with E-state index in [-0.39, 0.29) is 29.9 Å². The van der Waals surface area contributed by atoms with E-state index in [1.54, 1.807) is 19.1 Å². The Labute approximate surface area is 212 Å². The summed E-state index contributed by atoms with van der Waals surface area (Å²) in [7, 11) is 0. The largest absolute Gasteiger partial charge is 0.461 e. The number of carbonyl (C=O) groups excluding carboxylic acids is 3. The number of ether oxygens (including phenoxy) is 2. The Kier molecular flexibility index (Phi) is 6.59. The van der Waals surface area contributed by atoms with Crippen LogP contribution in [0.2, 0.25) is 0 Å². The summed E-state index contributed by atoms with van der Waals surface area (Å²) in [5, 5.41) is 34.7. The molecule has 8 atom stereocenters. The van der Waals surface area contributed by atoms with Crippen molar-refractivity contribution in [3.8, 4) is 0 Å². The zero-order chi connectivity index (χ0) is 26.8. The molecule has 3 N–H and O–H groups in total. The number of esters is 2.